The fourth-order valence-corrected chi connectivity index (χ4v) is 4.48. The minimum atomic E-state index is -4.29. The van der Waals surface area contributed by atoms with Crippen molar-refractivity contribution in [2.75, 3.05) is 0 Å². The Bertz CT molecular complexity index is 914. The van der Waals surface area contributed by atoms with Gasteiger partial charge in [0.15, 0.2) is 0 Å². The van der Waals surface area contributed by atoms with E-state index in [1.165, 1.54) is 13.0 Å². The van der Waals surface area contributed by atoms with Crippen molar-refractivity contribution < 1.29 is 23.1 Å². The lowest BCUT2D eigenvalue weighted by Gasteiger charge is -2.07. The number of nitrogens with one attached hydrogen (secondary N) is 1. The number of benzene rings is 1. The van der Waals surface area contributed by atoms with Gasteiger partial charge in [-0.2, -0.15) is 0 Å². The van der Waals surface area contributed by atoms with Crippen LogP contribution in [0.5, 0.6) is 0 Å². The summed E-state index contributed by atoms with van der Waals surface area (Å²) in [6.45, 7) is 1.28. The number of carboxylic acid groups (broad SMARTS) is 1. The summed E-state index contributed by atoms with van der Waals surface area (Å²) < 4.78 is 25.5. The number of carboxylic acids is 1. The van der Waals surface area contributed by atoms with Gasteiger partial charge in [-0.1, -0.05) is 23.2 Å². The number of carbonyl (C=O) groups excluding carboxylic acids is 1. The van der Waals surface area contributed by atoms with Crippen LogP contribution in [-0.4, -0.2) is 30.4 Å². The monoisotopic (exact) mass is 376 g/mol. The number of halogens is 2. The Morgan fingerprint density at radius 3 is 2.09 bits per heavy atom. The van der Waals surface area contributed by atoms with Gasteiger partial charge in [0.1, 0.15) is 16.3 Å². The van der Waals surface area contributed by atoms with E-state index in [0.29, 0.717) is 0 Å². The average Bonchev–Trinajstić information content (AvgIpc) is 2.76. The molecular formula is C13H10Cl2N2O5S. The lowest BCUT2D eigenvalue weighted by atomic mass is 10.2. The molecule has 2 aromatic rings. The van der Waals surface area contributed by atoms with E-state index in [1.54, 1.807) is 0 Å². The van der Waals surface area contributed by atoms with E-state index < -0.39 is 32.3 Å². The molecule has 0 atom stereocenters. The normalized spacial score (nSPS) is 11.4. The van der Waals surface area contributed by atoms with E-state index in [4.69, 9.17) is 28.9 Å². The van der Waals surface area contributed by atoms with E-state index in [1.807, 2.05) is 0 Å². The Morgan fingerprint density at radius 2 is 1.65 bits per heavy atom. The molecule has 0 aliphatic carbocycles. The third kappa shape index (κ3) is 3.05. The molecule has 0 spiro atoms. The molecule has 7 nitrogen and oxygen atoms in total. The molecule has 4 N–H and O–H groups in total. The van der Waals surface area contributed by atoms with Gasteiger partial charge in [-0.3, -0.25) is 4.79 Å². The minimum Gasteiger partial charge on any atom is -0.477 e. The second kappa shape index (κ2) is 5.88. The fraction of sp³-hybridized carbons (Fsp3) is 0.0769. The zero-order valence-corrected chi connectivity index (χ0v) is 13.9. The van der Waals surface area contributed by atoms with Crippen LogP contribution >= 0.6 is 23.2 Å². The first-order chi connectivity index (χ1) is 10.6. The van der Waals surface area contributed by atoms with Gasteiger partial charge in [0.25, 0.3) is 5.91 Å². The summed E-state index contributed by atoms with van der Waals surface area (Å²) in [6, 6.07) is 3.59. The highest BCUT2D eigenvalue weighted by Crippen LogP contribution is 2.32. The molecule has 0 radical (unpaired) electrons. The van der Waals surface area contributed by atoms with E-state index in [2.05, 4.69) is 4.98 Å². The molecule has 0 unspecified atom stereocenters. The predicted octanol–water partition coefficient (Wildman–Crippen LogP) is 2.26. The van der Waals surface area contributed by atoms with Crippen molar-refractivity contribution in [1.82, 2.24) is 4.98 Å². The lowest BCUT2D eigenvalue weighted by molar-refractivity contribution is 0.0687. The number of aromatic carboxylic acids is 1. The molecule has 0 aliphatic heterocycles. The number of hydrogen-bond acceptors (Lipinski definition) is 4. The van der Waals surface area contributed by atoms with Crippen molar-refractivity contribution in [1.29, 1.82) is 0 Å². The zero-order valence-electron chi connectivity index (χ0n) is 11.6. The molecule has 1 aromatic heterocycles. The molecule has 1 aromatic carbocycles. The van der Waals surface area contributed by atoms with E-state index in [-0.39, 0.29) is 26.2 Å². The number of rotatable bonds is 4. The van der Waals surface area contributed by atoms with Gasteiger partial charge in [-0.15, -0.1) is 0 Å². The van der Waals surface area contributed by atoms with Crippen LogP contribution in [0.4, 0.5) is 0 Å². The third-order valence-electron chi connectivity index (χ3n) is 3.07. The number of sulfone groups is 1. The fourth-order valence-electron chi connectivity index (χ4n) is 2.11. The highest BCUT2D eigenvalue weighted by atomic mass is 35.5. The summed E-state index contributed by atoms with van der Waals surface area (Å²) in [5.74, 6) is -2.53. The van der Waals surface area contributed by atoms with Crippen LogP contribution in [0.25, 0.3) is 0 Å². The molecule has 0 fully saturated rings. The smallest absolute Gasteiger partial charge is 0.353 e. The number of nitrogens with two attached hydrogens (primary N) is 1. The second-order valence-electron chi connectivity index (χ2n) is 4.61. The standard InChI is InChI=1S/C13H10Cl2N2O5S/c1-5-9(12(16)18)17-10(13(19)20)11(5)23(21,22)8-3-6(14)2-7(15)4-8/h2-4,17H,1H3,(H2,16,18)(H,19,20). The van der Waals surface area contributed by atoms with E-state index in [0.717, 1.165) is 12.1 Å². The maximum absolute atomic E-state index is 12.8. The topological polar surface area (TPSA) is 130 Å². The Balaban J connectivity index is 2.83. The van der Waals surface area contributed by atoms with Gasteiger partial charge >= 0.3 is 5.97 Å². The number of primary amides is 1. The van der Waals surface area contributed by atoms with Crippen LogP contribution in [0.1, 0.15) is 26.5 Å². The van der Waals surface area contributed by atoms with Gasteiger partial charge in [0.2, 0.25) is 9.84 Å². The maximum Gasteiger partial charge on any atom is 0.353 e. The summed E-state index contributed by atoms with van der Waals surface area (Å²) in [4.78, 5) is 24.0. The molecule has 1 heterocycles. The van der Waals surface area contributed by atoms with Crippen LogP contribution in [0.3, 0.4) is 0 Å². The van der Waals surface area contributed by atoms with Gasteiger partial charge in [0, 0.05) is 10.0 Å². The number of carbonyl (C=O) groups is 2. The van der Waals surface area contributed by atoms with Crippen molar-refractivity contribution in [3.63, 3.8) is 0 Å². The van der Waals surface area contributed by atoms with E-state index >= 15 is 0 Å². The van der Waals surface area contributed by atoms with Crippen molar-refractivity contribution >= 4 is 44.9 Å². The molecule has 0 bridgehead atoms. The first-order valence-electron chi connectivity index (χ1n) is 6.02. The number of hydrogen-bond donors (Lipinski definition) is 3. The van der Waals surface area contributed by atoms with Crippen molar-refractivity contribution in [2.24, 2.45) is 5.73 Å². The highest BCUT2D eigenvalue weighted by Gasteiger charge is 2.32. The molecule has 0 saturated heterocycles. The summed E-state index contributed by atoms with van der Waals surface area (Å²) in [5, 5.41) is 9.34. The van der Waals surface area contributed by atoms with Crippen molar-refractivity contribution in [3.8, 4) is 0 Å². The first kappa shape index (κ1) is 17.3. The number of aromatic amines is 1. The molecule has 0 saturated carbocycles. The maximum atomic E-state index is 12.8. The summed E-state index contributed by atoms with van der Waals surface area (Å²) >= 11 is 11.6. The van der Waals surface area contributed by atoms with Crippen LogP contribution < -0.4 is 5.73 Å². The summed E-state index contributed by atoms with van der Waals surface area (Å²) in [5.41, 5.74) is 4.08. The van der Waals surface area contributed by atoms with Crippen molar-refractivity contribution in [2.45, 2.75) is 16.7 Å². The Morgan fingerprint density at radius 1 is 1.13 bits per heavy atom. The Labute approximate surface area is 140 Å². The molecule has 10 heteroatoms. The summed E-state index contributed by atoms with van der Waals surface area (Å²) in [6.07, 6.45) is 0. The third-order valence-corrected chi connectivity index (χ3v) is 5.41. The Kier molecular flexibility index (Phi) is 4.43. The second-order valence-corrected chi connectivity index (χ2v) is 7.37. The van der Waals surface area contributed by atoms with Crippen molar-refractivity contribution in [3.05, 3.63) is 45.2 Å². The van der Waals surface area contributed by atoms with Gasteiger partial charge < -0.3 is 15.8 Å². The molecule has 122 valence electrons. The van der Waals surface area contributed by atoms with Gasteiger partial charge in [-0.25, -0.2) is 13.2 Å². The van der Waals surface area contributed by atoms with Crippen LogP contribution in [-0.2, 0) is 9.84 Å². The number of H-pyrrole nitrogens is 1. The largest absolute Gasteiger partial charge is 0.477 e. The molecule has 23 heavy (non-hydrogen) atoms. The predicted molar refractivity (Wildman–Crippen MR) is 82.9 cm³/mol. The number of amides is 1. The molecular weight excluding hydrogens is 367 g/mol. The molecule has 1 amide bonds. The molecule has 2 rings (SSSR count). The lowest BCUT2D eigenvalue weighted by Crippen LogP contribution is -2.13. The summed E-state index contributed by atoms with van der Waals surface area (Å²) in [7, 11) is -4.29. The number of aromatic nitrogens is 1. The van der Waals surface area contributed by atoms with Gasteiger partial charge in [0.05, 0.1) is 4.90 Å². The zero-order chi connectivity index (χ0) is 17.5. The van der Waals surface area contributed by atoms with Crippen LogP contribution in [0.15, 0.2) is 28.0 Å². The quantitative estimate of drug-likeness (QED) is 0.752. The Hall–Kier alpha value is -2.03. The highest BCUT2D eigenvalue weighted by molar-refractivity contribution is 7.91. The van der Waals surface area contributed by atoms with E-state index in [9.17, 15) is 23.1 Å². The van der Waals surface area contributed by atoms with Crippen LogP contribution in [0.2, 0.25) is 10.0 Å². The SMILES string of the molecule is Cc1c(C(N)=O)[nH]c(C(=O)O)c1S(=O)(=O)c1cc(Cl)cc(Cl)c1. The minimum absolute atomic E-state index is 0.0660. The van der Waals surface area contributed by atoms with Crippen LogP contribution in [0, 0.1) is 6.92 Å². The average molecular weight is 377 g/mol. The molecule has 0 aliphatic rings. The first-order valence-corrected chi connectivity index (χ1v) is 8.26. The van der Waals surface area contributed by atoms with Gasteiger partial charge in [-0.05, 0) is 30.7 Å².